The molecule has 0 spiro atoms. The fourth-order valence-corrected chi connectivity index (χ4v) is 4.42. The highest BCUT2D eigenvalue weighted by atomic mass is 35.5. The maximum absolute atomic E-state index is 13.5. The molecule has 2 aromatic heterocycles. The van der Waals surface area contributed by atoms with Gasteiger partial charge in [0, 0.05) is 0 Å². The predicted octanol–water partition coefficient (Wildman–Crippen LogP) is 4.26. The number of hydrogen-bond donors (Lipinski definition) is 1. The summed E-state index contributed by atoms with van der Waals surface area (Å²) < 4.78 is 16.2. The van der Waals surface area contributed by atoms with Crippen molar-refractivity contribution in [3.63, 3.8) is 0 Å². The van der Waals surface area contributed by atoms with E-state index in [-0.39, 0.29) is 17.3 Å². The molecule has 0 atom stereocenters. The lowest BCUT2D eigenvalue weighted by Gasteiger charge is -2.14. The second-order valence-electron chi connectivity index (χ2n) is 7.11. The molecule has 0 aliphatic carbocycles. The van der Waals surface area contributed by atoms with Gasteiger partial charge >= 0.3 is 5.69 Å². The van der Waals surface area contributed by atoms with Crippen LogP contribution in [-0.4, -0.2) is 15.0 Å². The zero-order valence-corrected chi connectivity index (χ0v) is 18.2. The number of rotatable bonds is 4. The highest BCUT2D eigenvalue weighted by Gasteiger charge is 2.19. The van der Waals surface area contributed by atoms with Crippen LogP contribution in [0.2, 0.25) is 5.02 Å². The predicted molar refractivity (Wildman–Crippen MR) is 121 cm³/mol. The molecule has 9 heteroatoms. The van der Waals surface area contributed by atoms with Crippen LogP contribution in [0.15, 0.2) is 57.4 Å². The maximum Gasteiger partial charge on any atom is 0.336 e. The minimum atomic E-state index is -0.636. The monoisotopic (exact) mass is 457 g/mol. The van der Waals surface area contributed by atoms with Gasteiger partial charge in [0.15, 0.2) is 0 Å². The topological polar surface area (TPSA) is 73.1 Å². The molecule has 0 unspecified atom stereocenters. The number of amides is 1. The Morgan fingerprint density at radius 1 is 1.13 bits per heavy atom. The van der Waals surface area contributed by atoms with Crippen molar-refractivity contribution in [1.29, 1.82) is 0 Å². The van der Waals surface area contributed by atoms with Gasteiger partial charge in [0.25, 0.3) is 5.56 Å². The van der Waals surface area contributed by atoms with Gasteiger partial charge in [0.05, 0.1) is 21.9 Å². The molecule has 0 saturated carbocycles. The molecule has 0 bridgehead atoms. The average molecular weight is 458 g/mol. The summed E-state index contributed by atoms with van der Waals surface area (Å²) in [6.45, 7) is 3.36. The number of fused-ring (bicyclic) bond motifs is 1. The zero-order valence-electron chi connectivity index (χ0n) is 16.6. The fourth-order valence-electron chi connectivity index (χ4n) is 3.44. The number of carbonyl (C=O) groups excluding carboxylic acids is 1. The van der Waals surface area contributed by atoms with E-state index in [0.29, 0.717) is 15.9 Å². The molecule has 0 saturated heterocycles. The number of carbonyl (C=O) groups is 1. The van der Waals surface area contributed by atoms with Gasteiger partial charge in [-0.1, -0.05) is 29.3 Å². The first-order valence-corrected chi connectivity index (χ1v) is 10.6. The van der Waals surface area contributed by atoms with Crippen molar-refractivity contribution in [2.75, 3.05) is 5.32 Å². The molecule has 0 fully saturated rings. The summed E-state index contributed by atoms with van der Waals surface area (Å²) in [7, 11) is 0. The van der Waals surface area contributed by atoms with Crippen LogP contribution in [-0.2, 0) is 11.3 Å². The molecule has 0 radical (unpaired) electrons. The van der Waals surface area contributed by atoms with Crippen LogP contribution in [0.5, 0.6) is 0 Å². The summed E-state index contributed by atoms with van der Waals surface area (Å²) in [6.07, 6.45) is 0. The van der Waals surface area contributed by atoms with Crippen molar-refractivity contribution in [1.82, 2.24) is 9.13 Å². The Morgan fingerprint density at radius 2 is 1.90 bits per heavy atom. The van der Waals surface area contributed by atoms with Gasteiger partial charge in [-0.25, -0.2) is 13.8 Å². The first-order valence-electron chi connectivity index (χ1n) is 9.32. The Labute approximate surface area is 185 Å². The summed E-state index contributed by atoms with van der Waals surface area (Å²) in [5, 5.41) is 4.38. The second kappa shape index (κ2) is 8.13. The van der Waals surface area contributed by atoms with E-state index in [9.17, 15) is 18.8 Å². The van der Waals surface area contributed by atoms with Gasteiger partial charge < -0.3 is 5.32 Å². The van der Waals surface area contributed by atoms with Crippen molar-refractivity contribution in [2.24, 2.45) is 0 Å². The molecule has 2 heterocycles. The Hall–Kier alpha value is -3.23. The Morgan fingerprint density at radius 3 is 2.65 bits per heavy atom. The van der Waals surface area contributed by atoms with E-state index in [1.165, 1.54) is 28.0 Å². The summed E-state index contributed by atoms with van der Waals surface area (Å²) in [5.41, 5.74) is 1.61. The lowest BCUT2D eigenvalue weighted by Crippen LogP contribution is -2.40. The van der Waals surface area contributed by atoms with Crippen molar-refractivity contribution >= 4 is 44.7 Å². The minimum absolute atomic E-state index is 0.101. The van der Waals surface area contributed by atoms with Crippen molar-refractivity contribution in [3.8, 4) is 5.69 Å². The van der Waals surface area contributed by atoms with Gasteiger partial charge in [0.2, 0.25) is 5.91 Å². The van der Waals surface area contributed by atoms with E-state index >= 15 is 0 Å². The molecule has 31 heavy (non-hydrogen) atoms. The first-order chi connectivity index (χ1) is 14.8. The number of aryl methyl sites for hydroxylation is 2. The van der Waals surface area contributed by atoms with Gasteiger partial charge in [-0.3, -0.25) is 14.2 Å². The Kier molecular flexibility index (Phi) is 5.51. The first kappa shape index (κ1) is 21.0. The number of hydrogen-bond acceptors (Lipinski definition) is 4. The number of aromatic nitrogens is 2. The largest absolute Gasteiger partial charge is 0.336 e. The summed E-state index contributed by atoms with van der Waals surface area (Å²) in [6, 6.07) is 10.6. The van der Waals surface area contributed by atoms with Crippen LogP contribution in [0.1, 0.15) is 11.1 Å². The van der Waals surface area contributed by atoms with E-state index in [1.54, 1.807) is 17.5 Å². The van der Waals surface area contributed by atoms with E-state index in [4.69, 9.17) is 11.6 Å². The summed E-state index contributed by atoms with van der Waals surface area (Å²) in [4.78, 5) is 39.0. The van der Waals surface area contributed by atoms with Crippen molar-refractivity contribution in [2.45, 2.75) is 20.4 Å². The smallest absolute Gasteiger partial charge is 0.323 e. The number of nitrogens with one attached hydrogen (secondary N) is 1. The molecule has 158 valence electrons. The molecular weight excluding hydrogens is 441 g/mol. The lowest BCUT2D eigenvalue weighted by molar-refractivity contribution is -0.116. The molecule has 4 aromatic rings. The molecule has 6 nitrogen and oxygen atoms in total. The van der Waals surface area contributed by atoms with E-state index in [0.717, 1.165) is 21.8 Å². The van der Waals surface area contributed by atoms with Gasteiger partial charge in [-0.05, 0) is 55.1 Å². The Balaban J connectivity index is 1.82. The molecule has 0 aliphatic rings. The standard InChI is InChI=1S/C22H17ClFN3O3S/c1-12-3-6-17(13(2)9-12)27-21(29)20-18(7-8-31-20)26(22(27)30)11-19(28)25-16-10-14(24)4-5-15(16)23/h3-10H,11H2,1-2H3,(H,25,28). The van der Waals surface area contributed by atoms with Gasteiger partial charge in [-0.15, -0.1) is 11.3 Å². The third-order valence-electron chi connectivity index (χ3n) is 4.85. The second-order valence-corrected chi connectivity index (χ2v) is 8.43. The Bertz CT molecular complexity index is 1450. The van der Waals surface area contributed by atoms with Crippen LogP contribution in [0, 0.1) is 19.7 Å². The third kappa shape index (κ3) is 3.92. The zero-order chi connectivity index (χ0) is 22.3. The molecule has 2 aromatic carbocycles. The van der Waals surface area contributed by atoms with E-state index < -0.39 is 23.0 Å². The van der Waals surface area contributed by atoms with Gasteiger partial charge in [-0.2, -0.15) is 0 Å². The lowest BCUT2D eigenvalue weighted by atomic mass is 10.1. The number of nitrogens with zero attached hydrogens (tertiary/aromatic N) is 2. The van der Waals surface area contributed by atoms with E-state index in [2.05, 4.69) is 5.32 Å². The summed E-state index contributed by atoms with van der Waals surface area (Å²) >= 11 is 7.21. The van der Waals surface area contributed by atoms with Crippen LogP contribution >= 0.6 is 22.9 Å². The highest BCUT2D eigenvalue weighted by molar-refractivity contribution is 7.17. The van der Waals surface area contributed by atoms with Crippen LogP contribution in [0.25, 0.3) is 15.9 Å². The molecule has 1 amide bonds. The molecule has 0 aliphatic heterocycles. The fraction of sp³-hybridized carbons (Fsp3) is 0.136. The molecular formula is C22H17ClFN3O3S. The van der Waals surface area contributed by atoms with Crippen LogP contribution in [0.4, 0.5) is 10.1 Å². The van der Waals surface area contributed by atoms with Crippen molar-refractivity contribution < 1.29 is 9.18 Å². The third-order valence-corrected chi connectivity index (χ3v) is 6.07. The molecule has 1 N–H and O–H groups in total. The normalized spacial score (nSPS) is 11.1. The number of anilines is 1. The summed E-state index contributed by atoms with van der Waals surface area (Å²) in [5.74, 6) is -1.13. The number of halogens is 2. The molecule has 4 rings (SSSR count). The highest BCUT2D eigenvalue weighted by Crippen LogP contribution is 2.23. The number of thiophene rings is 1. The minimum Gasteiger partial charge on any atom is -0.323 e. The maximum atomic E-state index is 13.5. The average Bonchev–Trinajstić information content (AvgIpc) is 3.20. The van der Waals surface area contributed by atoms with Crippen molar-refractivity contribution in [3.05, 3.63) is 90.6 Å². The quantitative estimate of drug-likeness (QED) is 0.497. The van der Waals surface area contributed by atoms with E-state index in [1.807, 2.05) is 26.0 Å². The van der Waals surface area contributed by atoms with Crippen LogP contribution < -0.4 is 16.6 Å². The SMILES string of the molecule is Cc1ccc(-n2c(=O)c3sccc3n(CC(=O)Nc3cc(F)ccc3Cl)c2=O)c(C)c1. The van der Waals surface area contributed by atoms with Gasteiger partial charge in [0.1, 0.15) is 17.1 Å². The van der Waals surface area contributed by atoms with Crippen LogP contribution in [0.3, 0.4) is 0 Å². The number of benzene rings is 2.